The van der Waals surface area contributed by atoms with E-state index in [0.717, 1.165) is 28.6 Å². The Labute approximate surface area is 147 Å². The number of rotatable bonds is 6. The number of aromatic nitrogens is 1. The van der Waals surface area contributed by atoms with Crippen LogP contribution < -0.4 is 4.74 Å². The Morgan fingerprint density at radius 3 is 2.52 bits per heavy atom. The van der Waals surface area contributed by atoms with E-state index in [1.165, 1.54) is 5.56 Å². The highest BCUT2D eigenvalue weighted by Crippen LogP contribution is 2.32. The fourth-order valence-electron chi connectivity index (χ4n) is 3.13. The molecule has 0 saturated carbocycles. The maximum atomic E-state index is 11.4. The van der Waals surface area contributed by atoms with E-state index in [1.54, 1.807) is 17.7 Å². The first-order valence-electron chi connectivity index (χ1n) is 8.50. The zero-order valence-electron chi connectivity index (χ0n) is 14.8. The van der Waals surface area contributed by atoms with Gasteiger partial charge in [-0.05, 0) is 29.2 Å². The topological polar surface area (TPSA) is 51.5 Å². The molecular weight excluding hydrogens is 314 g/mol. The van der Waals surface area contributed by atoms with Gasteiger partial charge in [0.05, 0.1) is 12.1 Å². The number of benzene rings is 2. The van der Waals surface area contributed by atoms with Gasteiger partial charge in [0, 0.05) is 24.9 Å². The molecule has 1 heterocycles. The molecular formula is C21H23NO3. The van der Waals surface area contributed by atoms with Crippen molar-refractivity contribution in [3.63, 3.8) is 0 Å². The lowest BCUT2D eigenvalue weighted by Gasteiger charge is -2.13. The summed E-state index contributed by atoms with van der Waals surface area (Å²) in [4.78, 5) is 11.4. The Morgan fingerprint density at radius 1 is 1.16 bits per heavy atom. The summed E-state index contributed by atoms with van der Waals surface area (Å²) in [6.07, 6.45) is 0.837. The SMILES string of the molecule is CC(C)c1cc(OCCc2ccccc2)cc2c1cc(C(=O)O)n2C. The molecule has 0 spiro atoms. The molecule has 0 radical (unpaired) electrons. The molecule has 1 aromatic heterocycles. The van der Waals surface area contributed by atoms with Gasteiger partial charge in [-0.15, -0.1) is 0 Å². The van der Waals surface area contributed by atoms with Crippen molar-refractivity contribution in [2.75, 3.05) is 6.61 Å². The number of carboxylic acids is 1. The summed E-state index contributed by atoms with van der Waals surface area (Å²) in [6, 6.07) is 15.9. The molecule has 0 bridgehead atoms. The van der Waals surface area contributed by atoms with Crippen LogP contribution >= 0.6 is 0 Å². The molecule has 0 unspecified atom stereocenters. The highest BCUT2D eigenvalue weighted by Gasteiger charge is 2.17. The van der Waals surface area contributed by atoms with Gasteiger partial charge in [-0.3, -0.25) is 0 Å². The van der Waals surface area contributed by atoms with E-state index in [0.29, 0.717) is 12.3 Å². The lowest BCUT2D eigenvalue weighted by Crippen LogP contribution is -2.04. The normalized spacial score (nSPS) is 11.2. The second-order valence-electron chi connectivity index (χ2n) is 6.58. The number of aryl methyl sites for hydroxylation is 1. The van der Waals surface area contributed by atoms with Gasteiger partial charge >= 0.3 is 5.97 Å². The highest BCUT2D eigenvalue weighted by molar-refractivity contribution is 5.96. The zero-order valence-corrected chi connectivity index (χ0v) is 14.8. The number of carbonyl (C=O) groups is 1. The first-order chi connectivity index (χ1) is 12.0. The average Bonchev–Trinajstić information content (AvgIpc) is 2.92. The zero-order chi connectivity index (χ0) is 18.0. The summed E-state index contributed by atoms with van der Waals surface area (Å²) in [7, 11) is 1.78. The molecule has 0 atom stereocenters. The first-order valence-corrected chi connectivity index (χ1v) is 8.50. The number of nitrogens with zero attached hydrogens (tertiary/aromatic N) is 1. The second kappa shape index (κ2) is 7.01. The van der Waals surface area contributed by atoms with Crippen molar-refractivity contribution in [1.82, 2.24) is 4.57 Å². The minimum Gasteiger partial charge on any atom is -0.493 e. The molecule has 1 N–H and O–H groups in total. The maximum absolute atomic E-state index is 11.4. The predicted octanol–water partition coefficient (Wildman–Crippen LogP) is 4.62. The minimum absolute atomic E-state index is 0.282. The third kappa shape index (κ3) is 3.53. The lowest BCUT2D eigenvalue weighted by atomic mass is 9.99. The summed E-state index contributed by atoms with van der Waals surface area (Å²) < 4.78 is 7.69. The standard InChI is InChI=1S/C21H23NO3/c1-14(2)17-11-16(25-10-9-15-7-5-4-6-8-15)12-19-18(17)13-20(21(23)24)22(19)3/h4-8,11-14H,9-10H2,1-3H3,(H,23,24). The van der Waals surface area contributed by atoms with Gasteiger partial charge in [-0.1, -0.05) is 44.2 Å². The summed E-state index contributed by atoms with van der Waals surface area (Å²) in [6.45, 7) is 4.80. The molecule has 3 aromatic rings. The molecule has 0 amide bonds. The molecule has 2 aromatic carbocycles. The van der Waals surface area contributed by atoms with Crippen LogP contribution in [0.4, 0.5) is 0 Å². The van der Waals surface area contributed by atoms with Gasteiger partial charge in [0.25, 0.3) is 0 Å². The molecule has 0 aliphatic heterocycles. The fourth-order valence-corrected chi connectivity index (χ4v) is 3.13. The summed E-state index contributed by atoms with van der Waals surface area (Å²) in [5, 5.41) is 10.4. The van der Waals surface area contributed by atoms with E-state index < -0.39 is 5.97 Å². The smallest absolute Gasteiger partial charge is 0.352 e. The highest BCUT2D eigenvalue weighted by atomic mass is 16.5. The van der Waals surface area contributed by atoms with Crippen LogP contribution in [-0.2, 0) is 13.5 Å². The molecule has 130 valence electrons. The Bertz CT molecular complexity index is 894. The summed E-state index contributed by atoms with van der Waals surface area (Å²) >= 11 is 0. The molecule has 25 heavy (non-hydrogen) atoms. The Hall–Kier alpha value is -2.75. The van der Waals surface area contributed by atoms with Gasteiger partial charge in [0.1, 0.15) is 11.4 Å². The van der Waals surface area contributed by atoms with E-state index in [2.05, 4.69) is 26.0 Å². The van der Waals surface area contributed by atoms with Gasteiger partial charge in [0.2, 0.25) is 0 Å². The summed E-state index contributed by atoms with van der Waals surface area (Å²) in [5.74, 6) is 0.148. The molecule has 0 fully saturated rings. The van der Waals surface area contributed by atoms with Crippen molar-refractivity contribution < 1.29 is 14.6 Å². The maximum Gasteiger partial charge on any atom is 0.352 e. The van der Waals surface area contributed by atoms with Gasteiger partial charge in [-0.25, -0.2) is 4.79 Å². The van der Waals surface area contributed by atoms with Crippen LogP contribution in [0.2, 0.25) is 0 Å². The van der Waals surface area contributed by atoms with E-state index in [1.807, 2.05) is 30.3 Å². The minimum atomic E-state index is -0.917. The molecule has 4 nitrogen and oxygen atoms in total. The number of ether oxygens (including phenoxy) is 1. The Morgan fingerprint density at radius 2 is 1.88 bits per heavy atom. The fraction of sp³-hybridized carbons (Fsp3) is 0.286. The van der Waals surface area contributed by atoms with Gasteiger partial charge in [-0.2, -0.15) is 0 Å². The monoisotopic (exact) mass is 337 g/mol. The molecule has 0 aliphatic carbocycles. The van der Waals surface area contributed by atoms with Crippen molar-refractivity contribution in [2.45, 2.75) is 26.2 Å². The Kier molecular flexibility index (Phi) is 4.79. The van der Waals surface area contributed by atoms with E-state index in [-0.39, 0.29) is 5.92 Å². The van der Waals surface area contributed by atoms with Crippen molar-refractivity contribution in [2.24, 2.45) is 7.05 Å². The Balaban J connectivity index is 1.90. The number of hydrogen-bond acceptors (Lipinski definition) is 2. The van der Waals surface area contributed by atoms with Crippen LogP contribution in [0.5, 0.6) is 5.75 Å². The largest absolute Gasteiger partial charge is 0.493 e. The molecule has 4 heteroatoms. The lowest BCUT2D eigenvalue weighted by molar-refractivity contribution is 0.0687. The van der Waals surface area contributed by atoms with Crippen LogP contribution in [0.3, 0.4) is 0 Å². The number of carboxylic acid groups (broad SMARTS) is 1. The third-order valence-corrected chi connectivity index (χ3v) is 4.51. The van der Waals surface area contributed by atoms with Crippen LogP contribution in [0.1, 0.15) is 41.4 Å². The number of fused-ring (bicyclic) bond motifs is 1. The summed E-state index contributed by atoms with van der Waals surface area (Å²) in [5.41, 5.74) is 3.52. The molecule has 3 rings (SSSR count). The molecule has 0 aliphatic rings. The second-order valence-corrected chi connectivity index (χ2v) is 6.58. The van der Waals surface area contributed by atoms with Crippen molar-refractivity contribution >= 4 is 16.9 Å². The van der Waals surface area contributed by atoms with E-state index in [4.69, 9.17) is 4.74 Å². The number of hydrogen-bond donors (Lipinski definition) is 1. The van der Waals surface area contributed by atoms with E-state index >= 15 is 0 Å². The van der Waals surface area contributed by atoms with Crippen molar-refractivity contribution in [1.29, 1.82) is 0 Å². The van der Waals surface area contributed by atoms with Crippen molar-refractivity contribution in [3.05, 3.63) is 65.4 Å². The van der Waals surface area contributed by atoms with Crippen LogP contribution in [0.15, 0.2) is 48.5 Å². The van der Waals surface area contributed by atoms with Crippen LogP contribution in [0, 0.1) is 0 Å². The van der Waals surface area contributed by atoms with Gasteiger partial charge in [0.15, 0.2) is 0 Å². The van der Waals surface area contributed by atoms with Gasteiger partial charge < -0.3 is 14.4 Å². The molecule has 0 saturated heterocycles. The first kappa shape index (κ1) is 17.1. The predicted molar refractivity (Wildman–Crippen MR) is 99.6 cm³/mol. The van der Waals surface area contributed by atoms with Crippen LogP contribution in [0.25, 0.3) is 10.9 Å². The third-order valence-electron chi connectivity index (χ3n) is 4.51. The van der Waals surface area contributed by atoms with E-state index in [9.17, 15) is 9.90 Å². The van der Waals surface area contributed by atoms with Crippen molar-refractivity contribution in [3.8, 4) is 5.75 Å². The quantitative estimate of drug-likeness (QED) is 0.714. The average molecular weight is 337 g/mol. The van der Waals surface area contributed by atoms with Crippen LogP contribution in [-0.4, -0.2) is 22.2 Å². The number of aromatic carboxylic acids is 1.